The lowest BCUT2D eigenvalue weighted by atomic mass is 9.92. The molecule has 0 bridgehead atoms. The molecule has 1 aromatic heterocycles. The van der Waals surface area contributed by atoms with Gasteiger partial charge in [0.15, 0.2) is 0 Å². The van der Waals surface area contributed by atoms with Crippen LogP contribution in [0, 0.1) is 5.92 Å². The number of halogens is 2. The van der Waals surface area contributed by atoms with E-state index in [0.29, 0.717) is 12.5 Å². The molecule has 1 aliphatic rings. The molecule has 0 spiro atoms. The third-order valence-corrected chi connectivity index (χ3v) is 4.43. The number of nitrogens with zero attached hydrogens (tertiary/aromatic N) is 3. The van der Waals surface area contributed by atoms with E-state index in [1.807, 2.05) is 39.9 Å². The summed E-state index contributed by atoms with van der Waals surface area (Å²) in [7, 11) is 0. The Labute approximate surface area is 155 Å². The Morgan fingerprint density at radius 3 is 2.58 bits per heavy atom. The van der Waals surface area contributed by atoms with Gasteiger partial charge in [0.2, 0.25) is 0 Å². The van der Waals surface area contributed by atoms with Gasteiger partial charge in [-0.15, -0.1) is 24.8 Å². The van der Waals surface area contributed by atoms with Crippen LogP contribution in [0.25, 0.3) is 5.69 Å². The summed E-state index contributed by atoms with van der Waals surface area (Å²) in [5.74, 6) is 0.723. The number of benzene rings is 1. The van der Waals surface area contributed by atoms with Crippen molar-refractivity contribution in [3.05, 3.63) is 48.5 Å². The minimum absolute atomic E-state index is 0. The Morgan fingerprint density at radius 2 is 2.00 bits per heavy atom. The zero-order chi connectivity index (χ0) is 15.5. The Morgan fingerprint density at radius 1 is 1.29 bits per heavy atom. The highest BCUT2D eigenvalue weighted by Crippen LogP contribution is 2.24. The van der Waals surface area contributed by atoms with Crippen molar-refractivity contribution in [2.45, 2.75) is 25.8 Å². The molecule has 2 unspecified atom stereocenters. The van der Waals surface area contributed by atoms with Crippen molar-refractivity contribution in [3.63, 3.8) is 0 Å². The maximum absolute atomic E-state index is 12.7. The molecule has 0 aliphatic carbocycles. The minimum Gasteiger partial charge on any atom is -0.334 e. The average Bonchev–Trinajstić information content (AvgIpc) is 3.08. The van der Waals surface area contributed by atoms with E-state index in [0.717, 1.165) is 30.6 Å². The fourth-order valence-electron chi connectivity index (χ4n) is 3.10. The molecule has 2 heterocycles. The van der Waals surface area contributed by atoms with Gasteiger partial charge in [-0.1, -0.05) is 6.92 Å². The first-order valence-corrected chi connectivity index (χ1v) is 7.78. The van der Waals surface area contributed by atoms with E-state index in [9.17, 15) is 4.79 Å². The van der Waals surface area contributed by atoms with E-state index < -0.39 is 0 Å². The molecule has 2 N–H and O–H groups in total. The van der Waals surface area contributed by atoms with Crippen LogP contribution in [0.3, 0.4) is 0 Å². The minimum atomic E-state index is 0. The molecule has 3 rings (SSSR count). The molecule has 1 saturated heterocycles. The predicted molar refractivity (Wildman–Crippen MR) is 100 cm³/mol. The van der Waals surface area contributed by atoms with Crippen LogP contribution in [0.2, 0.25) is 0 Å². The fourth-order valence-corrected chi connectivity index (χ4v) is 3.10. The summed E-state index contributed by atoms with van der Waals surface area (Å²) in [6.45, 7) is 3.55. The van der Waals surface area contributed by atoms with E-state index >= 15 is 0 Å². The largest absolute Gasteiger partial charge is 0.334 e. The SMILES string of the molecule is CC1CCN(C(=O)c2ccc(-n3ccnc3)cc2)C(CN)C1.Cl.Cl. The van der Waals surface area contributed by atoms with E-state index in [2.05, 4.69) is 11.9 Å². The molecule has 7 heteroatoms. The number of rotatable bonds is 3. The van der Waals surface area contributed by atoms with Gasteiger partial charge >= 0.3 is 0 Å². The lowest BCUT2D eigenvalue weighted by molar-refractivity contribution is 0.0573. The zero-order valence-corrected chi connectivity index (χ0v) is 15.3. The summed E-state index contributed by atoms with van der Waals surface area (Å²) in [5, 5.41) is 0. The summed E-state index contributed by atoms with van der Waals surface area (Å²) >= 11 is 0. The Hall–Kier alpha value is -1.56. The topological polar surface area (TPSA) is 64.2 Å². The van der Waals surface area contributed by atoms with Gasteiger partial charge in [-0.2, -0.15) is 0 Å². The van der Waals surface area contributed by atoms with E-state index in [-0.39, 0.29) is 36.8 Å². The van der Waals surface area contributed by atoms with Crippen molar-refractivity contribution in [2.75, 3.05) is 13.1 Å². The number of aromatic nitrogens is 2. The van der Waals surface area contributed by atoms with Crippen molar-refractivity contribution in [1.29, 1.82) is 0 Å². The van der Waals surface area contributed by atoms with Crippen LogP contribution in [-0.2, 0) is 0 Å². The molecule has 2 aromatic rings. The number of likely N-dealkylation sites (tertiary alicyclic amines) is 1. The quantitative estimate of drug-likeness (QED) is 0.902. The van der Waals surface area contributed by atoms with Crippen LogP contribution in [0.5, 0.6) is 0 Å². The summed E-state index contributed by atoms with van der Waals surface area (Å²) in [6.07, 6.45) is 7.41. The first-order valence-electron chi connectivity index (χ1n) is 7.78. The number of amides is 1. The van der Waals surface area contributed by atoms with Gasteiger partial charge in [0.05, 0.1) is 6.33 Å². The van der Waals surface area contributed by atoms with Crippen LogP contribution in [0.15, 0.2) is 43.0 Å². The second-order valence-corrected chi connectivity index (χ2v) is 6.03. The fraction of sp³-hybridized carbons (Fsp3) is 0.412. The van der Waals surface area contributed by atoms with Crippen molar-refractivity contribution >= 4 is 30.7 Å². The normalized spacial score (nSPS) is 20.0. The molecule has 24 heavy (non-hydrogen) atoms. The summed E-state index contributed by atoms with van der Waals surface area (Å²) < 4.78 is 1.92. The first-order chi connectivity index (χ1) is 10.7. The Bertz CT molecular complexity index is 631. The first kappa shape index (κ1) is 20.5. The van der Waals surface area contributed by atoms with Crippen LogP contribution < -0.4 is 5.73 Å². The van der Waals surface area contributed by atoms with Gasteiger partial charge in [-0.3, -0.25) is 4.79 Å². The number of nitrogens with two attached hydrogens (primary N) is 1. The standard InChI is InChI=1S/C17H22N4O.2ClH/c1-13-6-8-21(16(10-13)11-18)17(22)14-2-4-15(5-3-14)20-9-7-19-12-20;;/h2-5,7,9,12-13,16H,6,8,10-11,18H2,1H3;2*1H. The molecule has 132 valence electrons. The number of carbonyl (C=O) groups is 1. The van der Waals surface area contributed by atoms with Crippen molar-refractivity contribution in [2.24, 2.45) is 11.7 Å². The number of carbonyl (C=O) groups excluding carboxylic acids is 1. The Kier molecular flexibility index (Phi) is 7.73. The van der Waals surface area contributed by atoms with Crippen LogP contribution in [-0.4, -0.2) is 39.5 Å². The van der Waals surface area contributed by atoms with Gasteiger partial charge < -0.3 is 15.2 Å². The number of hydrogen-bond acceptors (Lipinski definition) is 3. The molecule has 1 amide bonds. The molecular weight excluding hydrogens is 347 g/mol. The lowest BCUT2D eigenvalue weighted by Crippen LogP contribution is -2.49. The molecule has 1 aliphatic heterocycles. The van der Waals surface area contributed by atoms with Crippen LogP contribution >= 0.6 is 24.8 Å². The predicted octanol–water partition coefficient (Wildman–Crippen LogP) is 2.92. The third kappa shape index (κ3) is 4.29. The lowest BCUT2D eigenvalue weighted by Gasteiger charge is -2.38. The van der Waals surface area contributed by atoms with E-state index in [1.165, 1.54) is 0 Å². The van der Waals surface area contributed by atoms with Crippen molar-refractivity contribution < 1.29 is 4.79 Å². The summed E-state index contributed by atoms with van der Waals surface area (Å²) in [5.41, 5.74) is 7.57. The maximum Gasteiger partial charge on any atom is 0.254 e. The van der Waals surface area contributed by atoms with Gasteiger partial charge in [0.1, 0.15) is 0 Å². The maximum atomic E-state index is 12.7. The van der Waals surface area contributed by atoms with Gasteiger partial charge in [0.25, 0.3) is 5.91 Å². The molecule has 1 fully saturated rings. The molecule has 2 atom stereocenters. The van der Waals surface area contributed by atoms with E-state index in [1.54, 1.807) is 12.5 Å². The average molecular weight is 371 g/mol. The number of imidazole rings is 1. The number of piperidine rings is 1. The van der Waals surface area contributed by atoms with Crippen molar-refractivity contribution in [3.8, 4) is 5.69 Å². The highest BCUT2D eigenvalue weighted by Gasteiger charge is 2.29. The number of hydrogen-bond donors (Lipinski definition) is 1. The summed E-state index contributed by atoms with van der Waals surface area (Å²) in [4.78, 5) is 18.7. The zero-order valence-electron chi connectivity index (χ0n) is 13.7. The molecule has 5 nitrogen and oxygen atoms in total. The molecule has 0 radical (unpaired) electrons. The highest BCUT2D eigenvalue weighted by molar-refractivity contribution is 5.94. The highest BCUT2D eigenvalue weighted by atomic mass is 35.5. The second kappa shape index (κ2) is 9.06. The molecule has 1 aromatic carbocycles. The van der Waals surface area contributed by atoms with Gasteiger partial charge in [-0.25, -0.2) is 4.98 Å². The van der Waals surface area contributed by atoms with Crippen LogP contribution in [0.4, 0.5) is 0 Å². The Balaban J connectivity index is 0.00000144. The third-order valence-electron chi connectivity index (χ3n) is 4.43. The second-order valence-electron chi connectivity index (χ2n) is 6.03. The molecule has 0 saturated carbocycles. The van der Waals surface area contributed by atoms with Gasteiger partial charge in [0, 0.05) is 42.8 Å². The van der Waals surface area contributed by atoms with Crippen LogP contribution in [0.1, 0.15) is 30.1 Å². The monoisotopic (exact) mass is 370 g/mol. The van der Waals surface area contributed by atoms with Gasteiger partial charge in [-0.05, 0) is 43.0 Å². The smallest absolute Gasteiger partial charge is 0.254 e. The summed E-state index contributed by atoms with van der Waals surface area (Å²) in [6, 6.07) is 7.80. The van der Waals surface area contributed by atoms with E-state index in [4.69, 9.17) is 5.73 Å². The molecular formula is C17H24Cl2N4O. The van der Waals surface area contributed by atoms with Crippen molar-refractivity contribution in [1.82, 2.24) is 14.5 Å².